The van der Waals surface area contributed by atoms with Crippen LogP contribution in [0.4, 0.5) is 0 Å². The van der Waals surface area contributed by atoms with Crippen LogP contribution in [-0.2, 0) is 25.3 Å². The van der Waals surface area contributed by atoms with E-state index in [2.05, 4.69) is 58.9 Å². The van der Waals surface area contributed by atoms with Gasteiger partial charge in [0.2, 0.25) is 0 Å². The van der Waals surface area contributed by atoms with Crippen LogP contribution in [0.25, 0.3) is 0 Å². The van der Waals surface area contributed by atoms with Gasteiger partial charge in [0.25, 0.3) is 0 Å². The molecular weight excluding hydrogens is 416 g/mol. The number of rotatable bonds is 10. The summed E-state index contributed by atoms with van der Waals surface area (Å²) >= 11 is 0. The van der Waals surface area contributed by atoms with Crippen LogP contribution >= 0.6 is 0 Å². The Morgan fingerprint density at radius 3 is 2.44 bits per heavy atom. The van der Waals surface area contributed by atoms with Crippen LogP contribution in [0.2, 0.25) is 18.1 Å². The average molecular weight is 459 g/mol. The summed E-state index contributed by atoms with van der Waals surface area (Å²) in [5, 5.41) is 0. The van der Waals surface area contributed by atoms with Gasteiger partial charge in [-0.3, -0.25) is 4.79 Å². The third-order valence-corrected chi connectivity index (χ3v) is 14.0. The van der Waals surface area contributed by atoms with Crippen molar-refractivity contribution >= 4 is 14.1 Å². The summed E-state index contributed by atoms with van der Waals surface area (Å²) in [7, 11) is -1.77. The molecule has 3 aliphatic rings. The number of benzene rings is 1. The fourth-order valence-corrected chi connectivity index (χ4v) is 10.4. The van der Waals surface area contributed by atoms with E-state index in [9.17, 15) is 4.79 Å². The smallest absolute Gasteiger partial charge is 0.192 e. The van der Waals surface area contributed by atoms with Gasteiger partial charge in [-0.15, -0.1) is 0 Å². The lowest BCUT2D eigenvalue weighted by atomic mass is 9.67. The molecule has 2 bridgehead atoms. The molecule has 1 aromatic carbocycles. The molecule has 3 fully saturated rings. The van der Waals surface area contributed by atoms with E-state index < -0.39 is 8.32 Å². The second kappa shape index (κ2) is 8.97. The molecule has 4 nitrogen and oxygen atoms in total. The lowest BCUT2D eigenvalue weighted by Gasteiger charge is -2.51. The first kappa shape index (κ1) is 24.1. The molecule has 4 atom stereocenters. The zero-order valence-electron chi connectivity index (χ0n) is 20.7. The van der Waals surface area contributed by atoms with Crippen LogP contribution in [0, 0.1) is 11.3 Å². The highest BCUT2D eigenvalue weighted by Crippen LogP contribution is 2.66. The number of carbonyl (C=O) groups excluding carboxylic acids is 1. The van der Waals surface area contributed by atoms with Gasteiger partial charge >= 0.3 is 0 Å². The molecule has 0 unspecified atom stereocenters. The van der Waals surface area contributed by atoms with E-state index >= 15 is 0 Å². The molecule has 0 amide bonds. The number of ketones is 1. The molecular formula is C27H42O4Si. The Morgan fingerprint density at radius 2 is 1.78 bits per heavy atom. The van der Waals surface area contributed by atoms with Crippen molar-refractivity contribution < 1.29 is 18.7 Å². The third-order valence-electron chi connectivity index (χ3n) is 9.14. The van der Waals surface area contributed by atoms with E-state index in [0.717, 1.165) is 43.8 Å². The van der Waals surface area contributed by atoms with Crippen LogP contribution in [-0.4, -0.2) is 38.0 Å². The monoisotopic (exact) mass is 458 g/mol. The van der Waals surface area contributed by atoms with Crippen LogP contribution in [0.3, 0.4) is 0 Å². The van der Waals surface area contributed by atoms with E-state index in [-0.39, 0.29) is 28.5 Å². The van der Waals surface area contributed by atoms with E-state index in [4.69, 9.17) is 13.9 Å². The Morgan fingerprint density at radius 1 is 1.09 bits per heavy atom. The number of Topliss-reactive ketones (excluding diaryl/α,β-unsaturated/α-hetero) is 1. The quantitative estimate of drug-likeness (QED) is 0.386. The van der Waals surface area contributed by atoms with Gasteiger partial charge in [0.05, 0.1) is 24.4 Å². The Balaban J connectivity index is 1.59. The molecule has 1 saturated carbocycles. The molecule has 2 aliphatic heterocycles. The molecule has 2 heterocycles. The van der Waals surface area contributed by atoms with Crippen LogP contribution in [0.15, 0.2) is 30.3 Å². The van der Waals surface area contributed by atoms with E-state index in [1.807, 2.05) is 6.07 Å². The minimum atomic E-state index is -1.77. The molecule has 0 N–H and O–H groups in total. The maximum absolute atomic E-state index is 12.7. The summed E-state index contributed by atoms with van der Waals surface area (Å²) in [6, 6.07) is 13.8. The van der Waals surface area contributed by atoms with Gasteiger partial charge in [0.15, 0.2) is 14.1 Å². The number of carbonyl (C=O) groups is 1. The Kier molecular flexibility index (Phi) is 6.76. The Labute approximate surface area is 195 Å². The highest BCUT2D eigenvalue weighted by atomic mass is 28.4. The highest BCUT2D eigenvalue weighted by Gasteiger charge is 2.71. The Hall–Kier alpha value is -1.01. The summed E-state index contributed by atoms with van der Waals surface area (Å²) in [6.07, 6.45) is 4.15. The van der Waals surface area contributed by atoms with Crippen molar-refractivity contribution in [2.75, 3.05) is 6.61 Å². The van der Waals surface area contributed by atoms with Gasteiger partial charge in [-0.25, -0.2) is 0 Å². The molecule has 1 aliphatic carbocycles. The minimum Gasteiger partial charge on any atom is -0.412 e. The van der Waals surface area contributed by atoms with Crippen molar-refractivity contribution in [1.29, 1.82) is 0 Å². The zero-order valence-corrected chi connectivity index (χ0v) is 21.7. The summed E-state index contributed by atoms with van der Waals surface area (Å²) < 4.78 is 20.2. The maximum Gasteiger partial charge on any atom is 0.192 e. The van der Waals surface area contributed by atoms with E-state index in [0.29, 0.717) is 25.6 Å². The SMILES string of the molecule is CC[Si](CC)(CC)OC(C)(C)[C@@H]1CC[C@@]2(COCc3ccccc3)C[C@H]3O[C@@]12CCC3=O. The van der Waals surface area contributed by atoms with Gasteiger partial charge in [0, 0.05) is 17.8 Å². The standard InChI is InChI=1S/C27H42O4Si/c1-6-32(7-2,8-3)31-25(4,5)24-15-16-26(20-29-19-21-12-10-9-11-13-21)18-23-22(28)14-17-27(24,26)30-23/h9-13,23-24H,6-8,14-20H2,1-5H3/t23-,24+,26+,27+/m1/s1. The maximum atomic E-state index is 12.7. The molecule has 0 radical (unpaired) electrons. The summed E-state index contributed by atoms with van der Waals surface area (Å²) in [5.41, 5.74) is 0.545. The number of hydrogen-bond donors (Lipinski definition) is 0. The topological polar surface area (TPSA) is 44.8 Å². The first-order valence-corrected chi connectivity index (χ1v) is 15.3. The number of fused-ring (bicyclic) bond motifs is 1. The molecule has 178 valence electrons. The predicted molar refractivity (Wildman–Crippen MR) is 130 cm³/mol. The van der Waals surface area contributed by atoms with Gasteiger partial charge < -0.3 is 13.9 Å². The fourth-order valence-electron chi connectivity index (χ4n) is 7.21. The normalized spacial score (nSPS) is 32.3. The minimum absolute atomic E-state index is 0.0846. The van der Waals surface area contributed by atoms with Crippen molar-refractivity contribution in [3.8, 4) is 0 Å². The number of ether oxygens (including phenoxy) is 2. The molecule has 5 heteroatoms. The van der Waals surface area contributed by atoms with Crippen molar-refractivity contribution in [2.24, 2.45) is 11.3 Å². The average Bonchev–Trinajstić information content (AvgIpc) is 3.23. The highest BCUT2D eigenvalue weighted by molar-refractivity contribution is 6.73. The van der Waals surface area contributed by atoms with Crippen LogP contribution < -0.4 is 0 Å². The number of hydrogen-bond acceptors (Lipinski definition) is 4. The van der Waals surface area contributed by atoms with Crippen LogP contribution in [0.5, 0.6) is 0 Å². The third kappa shape index (κ3) is 3.93. The van der Waals surface area contributed by atoms with Crippen molar-refractivity contribution in [1.82, 2.24) is 0 Å². The van der Waals surface area contributed by atoms with Crippen molar-refractivity contribution in [3.63, 3.8) is 0 Å². The lowest BCUT2D eigenvalue weighted by Crippen LogP contribution is -2.58. The molecule has 32 heavy (non-hydrogen) atoms. The lowest BCUT2D eigenvalue weighted by molar-refractivity contribution is -0.182. The van der Waals surface area contributed by atoms with Crippen molar-refractivity contribution in [3.05, 3.63) is 35.9 Å². The second-order valence-corrected chi connectivity index (χ2v) is 15.7. The first-order chi connectivity index (χ1) is 15.3. The zero-order chi connectivity index (χ0) is 23.0. The van der Waals surface area contributed by atoms with E-state index in [1.165, 1.54) is 5.56 Å². The van der Waals surface area contributed by atoms with Gasteiger partial charge in [0.1, 0.15) is 6.10 Å². The molecule has 1 spiro atoms. The summed E-state index contributed by atoms with van der Waals surface area (Å²) in [6.45, 7) is 12.8. The molecule has 1 aromatic rings. The summed E-state index contributed by atoms with van der Waals surface area (Å²) in [5.74, 6) is 0.578. The van der Waals surface area contributed by atoms with E-state index in [1.54, 1.807) is 0 Å². The molecule has 2 saturated heterocycles. The largest absolute Gasteiger partial charge is 0.412 e. The van der Waals surface area contributed by atoms with Gasteiger partial charge in [-0.2, -0.15) is 0 Å². The van der Waals surface area contributed by atoms with Crippen molar-refractivity contribution in [2.45, 2.75) is 109 Å². The molecule has 4 rings (SSSR count). The summed E-state index contributed by atoms with van der Waals surface area (Å²) in [4.78, 5) is 12.7. The fraction of sp³-hybridized carbons (Fsp3) is 0.741. The van der Waals surface area contributed by atoms with Crippen LogP contribution in [0.1, 0.15) is 72.3 Å². The first-order valence-electron chi connectivity index (χ1n) is 12.8. The van der Waals surface area contributed by atoms with Gasteiger partial charge in [-0.1, -0.05) is 51.1 Å². The van der Waals surface area contributed by atoms with Gasteiger partial charge in [-0.05, 0) is 63.2 Å². The molecule has 0 aromatic heterocycles. The predicted octanol–water partition coefficient (Wildman–Crippen LogP) is 6.29. The second-order valence-electron chi connectivity index (χ2n) is 11.0. The Bertz CT molecular complexity index is 797.